The Balaban J connectivity index is 0.000000174. The molecule has 12 rings (SSSR count). The number of anilines is 6. The number of benzene rings is 2. The molecule has 4 aliphatic heterocycles. The van der Waals surface area contributed by atoms with Crippen molar-refractivity contribution in [3.8, 4) is 28.6 Å². The van der Waals surface area contributed by atoms with Crippen LogP contribution in [0.1, 0.15) is 30.1 Å². The standard InChI is InChI=1S/C30H33FN8O2S.C29H33BrFN7O2S/c1-3-24-29(35(2)30-34-28(25(14-32)42-30)21-4-6-22(31)7-5-21)39-17-23(8-9-26(39)33-24)37-12-10-36(11-13-37)18-27(41)38-15-20(16-38)19-40;1-3-23-28(34(2)29-33-26(27(30)41-29)20-4-6-21(31)7-5-20)38-16-22(8-9-24(38)32-23)36-12-10-35(11-13-36)17-25(40)37-14-19(15-37)18-39/h4-9,17,20,40H,3,10-13,15-16,18-19H2,1-2H3;4-9,16,19,39H,3,10-15,17-18H2,1-2H3. The number of amides is 2. The van der Waals surface area contributed by atoms with E-state index >= 15 is 0 Å². The lowest BCUT2D eigenvalue weighted by atomic mass is 10.0. The van der Waals surface area contributed by atoms with Crippen LogP contribution in [0, 0.1) is 34.8 Å². The summed E-state index contributed by atoms with van der Waals surface area (Å²) in [5, 5.41) is 29.7. The predicted octanol–water partition coefficient (Wildman–Crippen LogP) is 7.63. The molecule has 0 saturated carbocycles. The van der Waals surface area contributed by atoms with Crippen LogP contribution < -0.4 is 19.6 Å². The quantitative estimate of drug-likeness (QED) is 0.0962. The van der Waals surface area contributed by atoms with Gasteiger partial charge in [0.2, 0.25) is 11.8 Å². The van der Waals surface area contributed by atoms with Crippen molar-refractivity contribution < 1.29 is 28.6 Å². The van der Waals surface area contributed by atoms with E-state index in [2.05, 4.69) is 99.7 Å². The van der Waals surface area contributed by atoms with E-state index in [0.717, 1.165) is 131 Å². The van der Waals surface area contributed by atoms with Gasteiger partial charge in [-0.1, -0.05) is 36.5 Å². The molecule has 4 saturated heterocycles. The first-order valence-electron chi connectivity index (χ1n) is 28.0. The van der Waals surface area contributed by atoms with Crippen molar-refractivity contribution in [2.24, 2.45) is 11.8 Å². The van der Waals surface area contributed by atoms with Gasteiger partial charge in [0, 0.05) is 141 Å². The second-order valence-corrected chi connectivity index (χ2v) is 24.7. The molecule has 4 aliphatic rings. The Morgan fingerprint density at radius 2 is 1.02 bits per heavy atom. The Bertz CT molecular complexity index is 3650. The Morgan fingerprint density at radius 3 is 1.43 bits per heavy atom. The number of nitriles is 1. The Morgan fingerprint density at radius 1 is 0.614 bits per heavy atom. The minimum atomic E-state index is -0.336. The molecule has 2 amide bonds. The van der Waals surface area contributed by atoms with Crippen LogP contribution in [0.2, 0.25) is 0 Å². The second kappa shape index (κ2) is 25.0. The number of likely N-dealkylation sites (tertiary alicyclic amines) is 2. The third kappa shape index (κ3) is 12.2. The number of hydrogen-bond acceptors (Lipinski definition) is 17. The van der Waals surface area contributed by atoms with Crippen molar-refractivity contribution in [1.29, 1.82) is 5.26 Å². The van der Waals surface area contributed by atoms with Crippen LogP contribution in [0.5, 0.6) is 0 Å². The fourth-order valence-electron chi connectivity index (χ4n) is 11.1. The van der Waals surface area contributed by atoms with Crippen LogP contribution in [0.3, 0.4) is 0 Å². The minimum Gasteiger partial charge on any atom is -0.396 e. The zero-order valence-corrected chi connectivity index (χ0v) is 50.1. The van der Waals surface area contributed by atoms with Crippen molar-refractivity contribution in [2.75, 3.05) is 139 Å². The maximum Gasteiger partial charge on any atom is 0.236 e. The predicted molar refractivity (Wildman–Crippen MR) is 324 cm³/mol. The minimum absolute atomic E-state index is 0.136. The molecule has 2 N–H and O–H groups in total. The highest BCUT2D eigenvalue weighted by Gasteiger charge is 2.33. The van der Waals surface area contributed by atoms with Gasteiger partial charge in [-0.05, 0) is 102 Å². The fraction of sp³-hybridized carbons (Fsp3) is 0.407. The van der Waals surface area contributed by atoms with Crippen molar-refractivity contribution in [3.05, 3.63) is 117 Å². The summed E-state index contributed by atoms with van der Waals surface area (Å²) in [5.41, 5.74) is 8.65. The van der Waals surface area contributed by atoms with Crippen LogP contribution in [0.15, 0.2) is 89.0 Å². The summed E-state index contributed by atoms with van der Waals surface area (Å²) in [6, 6.07) is 22.9. The molecule has 0 aliphatic carbocycles. The van der Waals surface area contributed by atoms with Gasteiger partial charge in [-0.2, -0.15) is 5.26 Å². The van der Waals surface area contributed by atoms with Crippen LogP contribution in [0.25, 0.3) is 33.8 Å². The number of carbonyl (C=O) groups excluding carboxylic acids is 2. The number of nitrogens with zero attached hydrogens (tertiary/aromatic N) is 15. The lowest BCUT2D eigenvalue weighted by Gasteiger charge is -2.41. The Labute approximate surface area is 497 Å². The summed E-state index contributed by atoms with van der Waals surface area (Å²) < 4.78 is 32.1. The van der Waals surface area contributed by atoms with E-state index < -0.39 is 0 Å². The van der Waals surface area contributed by atoms with Gasteiger partial charge in [-0.3, -0.25) is 28.2 Å². The van der Waals surface area contributed by atoms with Gasteiger partial charge in [-0.15, -0.1) is 0 Å². The number of imidazole rings is 2. The van der Waals surface area contributed by atoms with Gasteiger partial charge in [0.25, 0.3) is 0 Å². The number of halogens is 3. The highest BCUT2D eigenvalue weighted by atomic mass is 79.9. The van der Waals surface area contributed by atoms with E-state index in [4.69, 9.17) is 19.9 Å². The molecule has 2 aromatic carbocycles. The average molecular weight is 1230 g/mol. The number of fused-ring (bicyclic) bond motifs is 2. The SMILES string of the molecule is CCc1nc2ccc(N3CCN(CC(=O)N4CC(CO)C4)CC3)cn2c1N(C)c1nc(-c2ccc(F)cc2)c(Br)s1.CCc1nc2ccc(N3CCN(CC(=O)N4CC(CO)C4)CC3)cn2c1N(C)c1nc(-c2ccc(F)cc2)c(C#N)s1. The second-order valence-electron chi connectivity index (χ2n) is 21.5. The van der Waals surface area contributed by atoms with Gasteiger partial charge in [-0.25, -0.2) is 28.7 Å². The Kier molecular flexibility index (Phi) is 17.4. The molecule has 4 fully saturated rings. The number of aliphatic hydroxyl groups excluding tert-OH is 2. The maximum atomic E-state index is 13.5. The van der Waals surface area contributed by atoms with Gasteiger partial charge in [0.15, 0.2) is 10.3 Å². The summed E-state index contributed by atoms with van der Waals surface area (Å²) >= 11 is 6.49. The average Bonchev–Trinajstić information content (AvgIpc) is 4.29. The highest BCUT2D eigenvalue weighted by Crippen LogP contribution is 2.41. The van der Waals surface area contributed by atoms with E-state index in [1.54, 1.807) is 24.3 Å². The topological polar surface area (TPSA) is 185 Å². The van der Waals surface area contributed by atoms with Gasteiger partial charge in [0.1, 0.15) is 51.2 Å². The number of hydrogen-bond donors (Lipinski definition) is 2. The molecular weight excluding hydrogens is 1160 g/mol. The third-order valence-corrected chi connectivity index (χ3v) is 18.8. The van der Waals surface area contributed by atoms with Crippen LogP contribution in [-0.4, -0.2) is 189 Å². The van der Waals surface area contributed by atoms with Crippen molar-refractivity contribution in [3.63, 3.8) is 0 Å². The number of carbonyl (C=O) groups is 2. The molecule has 0 spiro atoms. The summed E-state index contributed by atoms with van der Waals surface area (Å²) in [4.78, 5) is 61.9. The molecule has 0 bridgehead atoms. The van der Waals surface area contributed by atoms with E-state index in [-0.39, 0.29) is 48.5 Å². The van der Waals surface area contributed by atoms with Gasteiger partial charge >= 0.3 is 0 Å². The first-order valence-corrected chi connectivity index (χ1v) is 30.5. The van der Waals surface area contributed by atoms with E-state index in [1.165, 1.54) is 46.9 Å². The normalized spacial score (nSPS) is 16.2. The number of piperazine rings is 2. The number of aryl methyl sites for hydroxylation is 2. The largest absolute Gasteiger partial charge is 0.396 e. The van der Waals surface area contributed by atoms with E-state index in [1.807, 2.05) is 34.9 Å². The molecule has 10 heterocycles. The number of thiazole rings is 2. The summed E-state index contributed by atoms with van der Waals surface area (Å²) in [7, 11) is 3.94. The number of aliphatic hydroxyl groups is 2. The van der Waals surface area contributed by atoms with Crippen molar-refractivity contribution in [2.45, 2.75) is 26.7 Å². The fourth-order valence-corrected chi connectivity index (χ4v) is 13.5. The molecule has 8 aromatic rings. The lowest BCUT2D eigenvalue weighted by Crippen LogP contribution is -2.56. The molecule has 434 valence electrons. The van der Waals surface area contributed by atoms with E-state index in [0.29, 0.717) is 60.5 Å². The summed E-state index contributed by atoms with van der Waals surface area (Å²) in [6.07, 6.45) is 5.74. The highest BCUT2D eigenvalue weighted by molar-refractivity contribution is 9.11. The van der Waals surface area contributed by atoms with Gasteiger partial charge < -0.3 is 39.6 Å². The number of rotatable bonds is 16. The molecular formula is C59H66BrF2N15O4S2. The van der Waals surface area contributed by atoms with Crippen molar-refractivity contribution in [1.82, 2.24) is 48.3 Å². The molecule has 0 atom stereocenters. The summed E-state index contributed by atoms with van der Waals surface area (Å²) in [5.74, 6) is 2.00. The smallest absolute Gasteiger partial charge is 0.236 e. The van der Waals surface area contributed by atoms with Crippen LogP contribution in [-0.2, 0) is 22.4 Å². The first-order chi connectivity index (χ1) is 40.2. The van der Waals surface area contributed by atoms with Gasteiger partial charge in [0.05, 0.1) is 45.3 Å². The van der Waals surface area contributed by atoms with Crippen LogP contribution in [0.4, 0.5) is 42.1 Å². The molecule has 0 radical (unpaired) electrons. The first kappa shape index (κ1) is 57.7. The number of pyridine rings is 2. The zero-order valence-electron chi connectivity index (χ0n) is 46.8. The van der Waals surface area contributed by atoms with Crippen LogP contribution >= 0.6 is 38.6 Å². The summed E-state index contributed by atoms with van der Waals surface area (Å²) in [6.45, 7) is 14.5. The molecule has 6 aromatic heterocycles. The molecule has 19 nitrogen and oxygen atoms in total. The lowest BCUT2D eigenvalue weighted by molar-refractivity contribution is -0.140. The van der Waals surface area contributed by atoms with Crippen molar-refractivity contribution >= 4 is 95.0 Å². The maximum absolute atomic E-state index is 13.5. The third-order valence-electron chi connectivity index (χ3n) is 16.0. The zero-order chi connectivity index (χ0) is 58.1. The molecule has 24 heteroatoms. The molecule has 83 heavy (non-hydrogen) atoms. The number of aromatic nitrogens is 6. The monoisotopic (exact) mass is 1230 g/mol. The van der Waals surface area contributed by atoms with E-state index in [9.17, 15) is 33.8 Å². The molecule has 0 unspecified atom stereocenters. The Hall–Kier alpha value is -7.11.